The van der Waals surface area contributed by atoms with Gasteiger partial charge in [0.2, 0.25) is 0 Å². The lowest BCUT2D eigenvalue weighted by molar-refractivity contribution is 0.245. The highest BCUT2D eigenvalue weighted by atomic mass is 32.2. The average molecular weight is 213 g/mol. The first-order valence-corrected chi connectivity index (χ1v) is 7.39. The van der Waals surface area contributed by atoms with E-state index in [0.717, 1.165) is 18.4 Å². The Morgan fingerprint density at radius 3 is 2.64 bits per heavy atom. The molecule has 2 atom stereocenters. The minimum absolute atomic E-state index is 0.687. The van der Waals surface area contributed by atoms with E-state index in [9.17, 15) is 0 Å². The fraction of sp³-hybridized carbons (Fsp3) is 1.00. The van der Waals surface area contributed by atoms with Crippen LogP contribution in [0.15, 0.2) is 0 Å². The standard InChI is InChI=1S/C12H23NS/c1-3-13-9-12(4-5-14-2)7-10-6-11(10)8-12/h10-11,13H,3-9H2,1-2H3. The third-order valence-corrected chi connectivity index (χ3v) is 4.66. The molecule has 14 heavy (non-hydrogen) atoms. The van der Waals surface area contributed by atoms with Crippen LogP contribution in [0.4, 0.5) is 0 Å². The summed E-state index contributed by atoms with van der Waals surface area (Å²) in [7, 11) is 0. The van der Waals surface area contributed by atoms with E-state index in [1.165, 1.54) is 31.6 Å². The molecular formula is C12H23NS. The zero-order valence-corrected chi connectivity index (χ0v) is 10.3. The van der Waals surface area contributed by atoms with Crippen LogP contribution in [-0.4, -0.2) is 25.1 Å². The lowest BCUT2D eigenvalue weighted by Crippen LogP contribution is -2.33. The first kappa shape index (κ1) is 10.8. The molecule has 2 heteroatoms. The summed E-state index contributed by atoms with van der Waals surface area (Å²) in [4.78, 5) is 0. The molecule has 2 saturated carbocycles. The molecular weight excluding hydrogens is 190 g/mol. The molecule has 1 nitrogen and oxygen atoms in total. The number of fused-ring (bicyclic) bond motifs is 1. The first-order valence-electron chi connectivity index (χ1n) is 5.99. The summed E-state index contributed by atoms with van der Waals surface area (Å²) in [6.07, 6.45) is 8.26. The summed E-state index contributed by atoms with van der Waals surface area (Å²) < 4.78 is 0. The molecule has 0 aliphatic heterocycles. The smallest absolute Gasteiger partial charge is 0.000820 e. The molecule has 82 valence electrons. The second-order valence-electron chi connectivity index (χ2n) is 5.19. The molecule has 2 rings (SSSR count). The molecule has 0 amide bonds. The van der Waals surface area contributed by atoms with Gasteiger partial charge in [0.05, 0.1) is 0 Å². The average Bonchev–Trinajstić information content (AvgIpc) is 2.82. The van der Waals surface area contributed by atoms with E-state index in [1.807, 2.05) is 11.8 Å². The van der Waals surface area contributed by atoms with Crippen molar-refractivity contribution in [1.82, 2.24) is 5.32 Å². The van der Waals surface area contributed by atoms with Gasteiger partial charge in [0.25, 0.3) is 0 Å². The third kappa shape index (κ3) is 2.27. The summed E-state index contributed by atoms with van der Waals surface area (Å²) in [6, 6.07) is 0. The number of thioether (sulfide) groups is 1. The highest BCUT2D eigenvalue weighted by molar-refractivity contribution is 7.98. The summed E-state index contributed by atoms with van der Waals surface area (Å²) in [5.41, 5.74) is 0.687. The van der Waals surface area contributed by atoms with Crippen LogP contribution < -0.4 is 5.32 Å². The fourth-order valence-electron chi connectivity index (χ4n) is 3.15. The summed E-state index contributed by atoms with van der Waals surface area (Å²) in [5, 5.41) is 3.57. The predicted octanol–water partition coefficient (Wildman–Crippen LogP) is 2.77. The molecule has 0 bridgehead atoms. The lowest BCUT2D eigenvalue weighted by atomic mass is 9.80. The van der Waals surface area contributed by atoms with Gasteiger partial charge in [-0.3, -0.25) is 0 Å². The second kappa shape index (κ2) is 4.44. The minimum atomic E-state index is 0.687. The van der Waals surface area contributed by atoms with Crippen LogP contribution in [0.5, 0.6) is 0 Å². The van der Waals surface area contributed by atoms with Crippen molar-refractivity contribution in [2.75, 3.05) is 25.1 Å². The number of nitrogens with one attached hydrogen (secondary N) is 1. The van der Waals surface area contributed by atoms with Gasteiger partial charge in [-0.2, -0.15) is 11.8 Å². The van der Waals surface area contributed by atoms with Crippen LogP contribution in [0.2, 0.25) is 0 Å². The largest absolute Gasteiger partial charge is 0.316 e. The van der Waals surface area contributed by atoms with Crippen molar-refractivity contribution in [3.8, 4) is 0 Å². The van der Waals surface area contributed by atoms with Crippen LogP contribution in [0.3, 0.4) is 0 Å². The van der Waals surface area contributed by atoms with Gasteiger partial charge in [0.1, 0.15) is 0 Å². The predicted molar refractivity (Wildman–Crippen MR) is 64.8 cm³/mol. The molecule has 0 spiro atoms. The summed E-state index contributed by atoms with van der Waals surface area (Å²) in [6.45, 7) is 4.63. The second-order valence-corrected chi connectivity index (χ2v) is 6.17. The van der Waals surface area contributed by atoms with E-state index in [0.29, 0.717) is 5.41 Å². The molecule has 0 heterocycles. The van der Waals surface area contributed by atoms with Gasteiger partial charge in [-0.05, 0) is 61.5 Å². The van der Waals surface area contributed by atoms with Gasteiger partial charge < -0.3 is 5.32 Å². The SMILES string of the molecule is CCNCC1(CCSC)CC2CC2C1. The highest BCUT2D eigenvalue weighted by Gasteiger charge is 2.52. The van der Waals surface area contributed by atoms with Gasteiger partial charge in [-0.1, -0.05) is 6.92 Å². The van der Waals surface area contributed by atoms with Crippen molar-refractivity contribution in [3.05, 3.63) is 0 Å². The van der Waals surface area contributed by atoms with Crippen molar-refractivity contribution in [1.29, 1.82) is 0 Å². The van der Waals surface area contributed by atoms with E-state index < -0.39 is 0 Å². The van der Waals surface area contributed by atoms with E-state index in [-0.39, 0.29) is 0 Å². The molecule has 0 aromatic rings. The number of hydrogen-bond donors (Lipinski definition) is 1. The monoisotopic (exact) mass is 213 g/mol. The molecule has 2 aliphatic rings. The van der Waals surface area contributed by atoms with Gasteiger partial charge in [0.15, 0.2) is 0 Å². The maximum atomic E-state index is 3.57. The zero-order valence-electron chi connectivity index (χ0n) is 9.51. The molecule has 0 radical (unpaired) electrons. The van der Waals surface area contributed by atoms with E-state index in [1.54, 1.807) is 6.42 Å². The van der Waals surface area contributed by atoms with E-state index in [2.05, 4.69) is 18.5 Å². The van der Waals surface area contributed by atoms with Gasteiger partial charge >= 0.3 is 0 Å². The molecule has 2 unspecified atom stereocenters. The molecule has 1 N–H and O–H groups in total. The van der Waals surface area contributed by atoms with Crippen molar-refractivity contribution in [2.45, 2.75) is 32.6 Å². The van der Waals surface area contributed by atoms with E-state index in [4.69, 9.17) is 0 Å². The molecule has 2 aliphatic carbocycles. The van der Waals surface area contributed by atoms with Gasteiger partial charge in [-0.15, -0.1) is 0 Å². The van der Waals surface area contributed by atoms with Crippen LogP contribution in [0.1, 0.15) is 32.6 Å². The summed E-state index contributed by atoms with van der Waals surface area (Å²) >= 11 is 2.01. The minimum Gasteiger partial charge on any atom is -0.316 e. The van der Waals surface area contributed by atoms with Crippen molar-refractivity contribution >= 4 is 11.8 Å². The Morgan fingerprint density at radius 1 is 1.36 bits per heavy atom. The normalized spacial score (nSPS) is 39.9. The molecule has 0 aromatic carbocycles. The Bertz CT molecular complexity index is 173. The van der Waals surface area contributed by atoms with Crippen molar-refractivity contribution in [2.24, 2.45) is 17.3 Å². The van der Waals surface area contributed by atoms with Crippen molar-refractivity contribution in [3.63, 3.8) is 0 Å². The lowest BCUT2D eigenvalue weighted by Gasteiger charge is -2.31. The molecule has 0 saturated heterocycles. The Morgan fingerprint density at radius 2 is 2.07 bits per heavy atom. The number of hydrogen-bond acceptors (Lipinski definition) is 2. The Kier molecular flexibility index (Phi) is 3.43. The third-order valence-electron chi connectivity index (χ3n) is 4.05. The van der Waals surface area contributed by atoms with Crippen LogP contribution in [0, 0.1) is 17.3 Å². The van der Waals surface area contributed by atoms with Crippen LogP contribution in [-0.2, 0) is 0 Å². The molecule has 2 fully saturated rings. The van der Waals surface area contributed by atoms with Crippen LogP contribution >= 0.6 is 11.8 Å². The Balaban J connectivity index is 1.84. The summed E-state index contributed by atoms with van der Waals surface area (Å²) in [5.74, 6) is 3.59. The molecule has 0 aromatic heterocycles. The fourth-order valence-corrected chi connectivity index (χ4v) is 3.79. The van der Waals surface area contributed by atoms with Gasteiger partial charge in [-0.25, -0.2) is 0 Å². The number of rotatable bonds is 6. The van der Waals surface area contributed by atoms with Gasteiger partial charge in [0, 0.05) is 6.54 Å². The van der Waals surface area contributed by atoms with Crippen molar-refractivity contribution < 1.29 is 0 Å². The zero-order chi connectivity index (χ0) is 10.0. The Hall–Kier alpha value is 0.310. The highest BCUT2D eigenvalue weighted by Crippen LogP contribution is 2.60. The van der Waals surface area contributed by atoms with E-state index >= 15 is 0 Å². The first-order chi connectivity index (χ1) is 6.79. The maximum absolute atomic E-state index is 3.57. The topological polar surface area (TPSA) is 12.0 Å². The van der Waals surface area contributed by atoms with Crippen LogP contribution in [0.25, 0.3) is 0 Å². The Labute approximate surface area is 92.4 Å². The quantitative estimate of drug-likeness (QED) is 0.728. The maximum Gasteiger partial charge on any atom is 0.000820 e.